The molecule has 2 unspecified atom stereocenters. The first-order valence-electron chi connectivity index (χ1n) is 14.5. The van der Waals surface area contributed by atoms with E-state index in [1.807, 2.05) is 13.8 Å². The maximum Gasteiger partial charge on any atom is 0.223 e. The molecular formula is C28H57N7O5. The number of Topliss-reactive ketones (excluding diaryl/α,β-unsaturated/α-hetero) is 1. The van der Waals surface area contributed by atoms with Gasteiger partial charge in [-0.15, -0.1) is 0 Å². The van der Waals surface area contributed by atoms with Crippen molar-refractivity contribution < 1.29 is 23.9 Å². The molecule has 0 aromatic rings. The number of amides is 2. The van der Waals surface area contributed by atoms with Crippen LogP contribution in [-0.2, 0) is 23.9 Å². The van der Waals surface area contributed by atoms with Crippen LogP contribution in [0.1, 0.15) is 46.5 Å². The van der Waals surface area contributed by atoms with Gasteiger partial charge in [-0.3, -0.25) is 14.4 Å². The Morgan fingerprint density at radius 2 is 1.45 bits per heavy atom. The topological polar surface area (TPSA) is 182 Å². The third kappa shape index (κ3) is 19.1. The number of methoxy groups -OCH3 is 1. The largest absolute Gasteiger partial charge is 0.388 e. The predicted octanol–water partition coefficient (Wildman–Crippen LogP) is -0.510. The van der Waals surface area contributed by atoms with Crippen LogP contribution in [0.15, 0.2) is 12.3 Å². The van der Waals surface area contributed by atoms with Crippen molar-refractivity contribution in [3.05, 3.63) is 12.3 Å². The number of allylic oxidation sites excluding steroid dienone is 1. The van der Waals surface area contributed by atoms with E-state index in [0.29, 0.717) is 90.8 Å². The minimum absolute atomic E-state index is 0.0212. The van der Waals surface area contributed by atoms with Gasteiger partial charge in [0.25, 0.3) is 0 Å². The van der Waals surface area contributed by atoms with Crippen LogP contribution < -0.4 is 38.1 Å². The van der Waals surface area contributed by atoms with E-state index in [4.69, 9.17) is 20.9 Å². The minimum Gasteiger partial charge on any atom is -0.388 e. The van der Waals surface area contributed by atoms with Gasteiger partial charge in [-0.1, -0.05) is 27.4 Å². The fourth-order valence-corrected chi connectivity index (χ4v) is 4.00. The van der Waals surface area contributed by atoms with Crippen LogP contribution in [0.4, 0.5) is 0 Å². The summed E-state index contributed by atoms with van der Waals surface area (Å²) < 4.78 is 10.5. The summed E-state index contributed by atoms with van der Waals surface area (Å²) in [5.41, 5.74) is 10.9. The highest BCUT2D eigenvalue weighted by Crippen LogP contribution is 2.33. The van der Waals surface area contributed by atoms with Gasteiger partial charge >= 0.3 is 0 Å². The van der Waals surface area contributed by atoms with Crippen molar-refractivity contribution in [2.75, 3.05) is 85.8 Å². The Kier molecular flexibility index (Phi) is 22.4. The summed E-state index contributed by atoms with van der Waals surface area (Å²) >= 11 is 0. The highest BCUT2D eigenvalue weighted by molar-refractivity contribution is 5.89. The average molecular weight is 572 g/mol. The maximum absolute atomic E-state index is 13.3. The van der Waals surface area contributed by atoms with Gasteiger partial charge in [-0.2, -0.15) is 0 Å². The van der Waals surface area contributed by atoms with Gasteiger partial charge in [0.2, 0.25) is 11.8 Å². The molecular weight excluding hydrogens is 514 g/mol. The normalized spacial score (nSPS) is 12.9. The summed E-state index contributed by atoms with van der Waals surface area (Å²) in [4.78, 5) is 38.5. The molecule has 0 saturated carbocycles. The molecule has 40 heavy (non-hydrogen) atoms. The maximum atomic E-state index is 13.3. The summed E-state index contributed by atoms with van der Waals surface area (Å²) in [5, 5.41) is 15.4. The van der Waals surface area contributed by atoms with Crippen molar-refractivity contribution in [2.45, 2.75) is 46.5 Å². The molecule has 0 radical (unpaired) electrons. The first-order valence-corrected chi connectivity index (χ1v) is 14.5. The highest BCUT2D eigenvalue weighted by Gasteiger charge is 2.34. The minimum atomic E-state index is -0.751. The van der Waals surface area contributed by atoms with Crippen molar-refractivity contribution in [2.24, 2.45) is 28.7 Å². The smallest absolute Gasteiger partial charge is 0.223 e. The van der Waals surface area contributed by atoms with Gasteiger partial charge in [-0.25, -0.2) is 0 Å². The standard InChI is InChI=1S/C28H57N7O5/c1-22(27(38)35-15-13-32-11-8-30)19-25(36)28(3,4)21-24(20-26(37)34-14-12-31-10-7-29)23(2)33-9-6-16-40-18-17-39-5/h22,24,31-33H,2,6-21,29-30H2,1,3-5H3,(H,34,37)(H,35,38). The molecule has 0 heterocycles. The van der Waals surface area contributed by atoms with Crippen LogP contribution >= 0.6 is 0 Å². The molecule has 0 saturated heterocycles. The second-order valence-electron chi connectivity index (χ2n) is 10.6. The number of nitrogens with two attached hydrogens (primary N) is 2. The molecule has 12 nitrogen and oxygen atoms in total. The van der Waals surface area contributed by atoms with Crippen LogP contribution in [0, 0.1) is 17.3 Å². The van der Waals surface area contributed by atoms with E-state index in [0.717, 1.165) is 6.42 Å². The van der Waals surface area contributed by atoms with E-state index in [1.165, 1.54) is 0 Å². The van der Waals surface area contributed by atoms with Crippen LogP contribution in [0.25, 0.3) is 0 Å². The number of carbonyl (C=O) groups is 3. The highest BCUT2D eigenvalue weighted by atomic mass is 16.5. The lowest BCUT2D eigenvalue weighted by atomic mass is 9.75. The van der Waals surface area contributed by atoms with E-state index < -0.39 is 11.3 Å². The number of ketones is 1. The zero-order chi connectivity index (χ0) is 30.2. The molecule has 0 bridgehead atoms. The van der Waals surface area contributed by atoms with Gasteiger partial charge in [0.05, 0.1) is 13.2 Å². The molecule has 2 atom stereocenters. The molecule has 0 aliphatic heterocycles. The van der Waals surface area contributed by atoms with Gasteiger partial charge in [-0.05, 0) is 12.8 Å². The quantitative estimate of drug-likeness (QED) is 0.0634. The Labute approximate surface area is 241 Å². The lowest BCUT2D eigenvalue weighted by molar-refractivity contribution is -0.133. The second kappa shape index (κ2) is 23.6. The van der Waals surface area contributed by atoms with Gasteiger partial charge < -0.3 is 47.5 Å². The number of nitrogens with one attached hydrogen (secondary N) is 5. The molecule has 0 aliphatic carbocycles. The van der Waals surface area contributed by atoms with E-state index >= 15 is 0 Å². The van der Waals surface area contributed by atoms with Gasteiger partial charge in [0.15, 0.2) is 0 Å². The SMILES string of the molecule is C=C(NCCCOCCOC)C(CC(=O)NCCNCCN)CC(C)(C)C(=O)CC(C)C(=O)NCCNCCN. The molecule has 0 aromatic carbocycles. The zero-order valence-electron chi connectivity index (χ0n) is 25.4. The number of ether oxygens (including phenoxy) is 2. The van der Waals surface area contributed by atoms with E-state index in [2.05, 4.69) is 33.2 Å². The van der Waals surface area contributed by atoms with Crippen molar-refractivity contribution in [3.8, 4) is 0 Å². The molecule has 0 rings (SSSR count). The van der Waals surface area contributed by atoms with Crippen molar-refractivity contribution in [1.82, 2.24) is 26.6 Å². The predicted molar refractivity (Wildman–Crippen MR) is 160 cm³/mol. The fourth-order valence-electron chi connectivity index (χ4n) is 4.00. The Morgan fingerprint density at radius 1 is 0.825 bits per heavy atom. The Hall–Kier alpha value is -2.09. The van der Waals surface area contributed by atoms with Crippen molar-refractivity contribution in [1.29, 1.82) is 0 Å². The molecule has 234 valence electrons. The Bertz CT molecular complexity index is 721. The first kappa shape index (κ1) is 37.9. The van der Waals surface area contributed by atoms with Crippen molar-refractivity contribution >= 4 is 17.6 Å². The number of rotatable bonds is 27. The van der Waals surface area contributed by atoms with Gasteiger partial charge in [0.1, 0.15) is 5.78 Å². The molecule has 2 amide bonds. The Balaban J connectivity index is 5.02. The summed E-state index contributed by atoms with van der Waals surface area (Å²) in [6.45, 7) is 16.7. The zero-order valence-corrected chi connectivity index (χ0v) is 25.4. The molecule has 0 spiro atoms. The van der Waals surface area contributed by atoms with E-state index in [9.17, 15) is 14.4 Å². The van der Waals surface area contributed by atoms with Crippen LogP contribution in [0.5, 0.6) is 0 Å². The fraction of sp³-hybridized carbons (Fsp3) is 0.821. The monoisotopic (exact) mass is 571 g/mol. The first-order chi connectivity index (χ1) is 19.1. The second-order valence-corrected chi connectivity index (χ2v) is 10.6. The Morgan fingerprint density at radius 3 is 2.05 bits per heavy atom. The third-order valence-corrected chi connectivity index (χ3v) is 6.49. The summed E-state index contributed by atoms with van der Waals surface area (Å²) in [6, 6.07) is 0. The van der Waals surface area contributed by atoms with Crippen LogP contribution in [-0.4, -0.2) is 103 Å². The van der Waals surface area contributed by atoms with E-state index in [1.54, 1.807) is 14.0 Å². The molecule has 0 aromatic heterocycles. The summed E-state index contributed by atoms with van der Waals surface area (Å²) in [5.74, 6) is -1.000. The molecule has 0 aliphatic rings. The average Bonchev–Trinajstić information content (AvgIpc) is 2.91. The number of hydrogen-bond acceptors (Lipinski definition) is 10. The van der Waals surface area contributed by atoms with Crippen molar-refractivity contribution in [3.63, 3.8) is 0 Å². The van der Waals surface area contributed by atoms with Gasteiger partial charge in [0, 0.05) is 108 Å². The van der Waals surface area contributed by atoms with Crippen LogP contribution in [0.2, 0.25) is 0 Å². The van der Waals surface area contributed by atoms with Crippen LogP contribution in [0.3, 0.4) is 0 Å². The molecule has 12 heteroatoms. The molecule has 9 N–H and O–H groups in total. The summed E-state index contributed by atoms with van der Waals surface area (Å²) in [7, 11) is 1.63. The lowest BCUT2D eigenvalue weighted by Crippen LogP contribution is -2.39. The van der Waals surface area contributed by atoms with E-state index in [-0.39, 0.29) is 36.4 Å². The number of carbonyl (C=O) groups excluding carboxylic acids is 3. The third-order valence-electron chi connectivity index (χ3n) is 6.49. The lowest BCUT2D eigenvalue weighted by Gasteiger charge is -2.31. The summed E-state index contributed by atoms with van der Waals surface area (Å²) in [6.07, 6.45) is 1.53. The number of hydrogen-bond donors (Lipinski definition) is 7. The molecule has 0 fully saturated rings.